The highest BCUT2D eigenvalue weighted by Gasteiger charge is 2.19. The van der Waals surface area contributed by atoms with Crippen molar-refractivity contribution in [2.24, 2.45) is 5.92 Å². The predicted molar refractivity (Wildman–Crippen MR) is 85.8 cm³/mol. The summed E-state index contributed by atoms with van der Waals surface area (Å²) in [5, 5.41) is 3.34. The summed E-state index contributed by atoms with van der Waals surface area (Å²) in [5.74, 6) is 0.868. The lowest BCUT2D eigenvalue weighted by atomic mass is 10.0. The highest BCUT2D eigenvalue weighted by molar-refractivity contribution is 9.10. The lowest BCUT2D eigenvalue weighted by Gasteiger charge is -2.21. The predicted octanol–water partition coefficient (Wildman–Crippen LogP) is 2.76. The molecule has 0 radical (unpaired) electrons. The summed E-state index contributed by atoms with van der Waals surface area (Å²) in [7, 11) is 1.93. The van der Waals surface area contributed by atoms with Gasteiger partial charge in [0.2, 0.25) is 5.91 Å². The Morgan fingerprint density at radius 1 is 1.50 bits per heavy atom. The van der Waals surface area contributed by atoms with E-state index in [4.69, 9.17) is 0 Å². The molecule has 1 N–H and O–H groups in total. The van der Waals surface area contributed by atoms with Gasteiger partial charge in [0.1, 0.15) is 0 Å². The number of rotatable bonds is 5. The molecule has 4 heteroatoms. The van der Waals surface area contributed by atoms with Gasteiger partial charge in [-0.05, 0) is 62.0 Å². The van der Waals surface area contributed by atoms with Gasteiger partial charge in [0.05, 0.1) is 0 Å². The van der Waals surface area contributed by atoms with Crippen LogP contribution in [0, 0.1) is 12.8 Å². The third kappa shape index (κ3) is 4.32. The quantitative estimate of drug-likeness (QED) is 0.895. The first-order valence-corrected chi connectivity index (χ1v) is 8.05. The van der Waals surface area contributed by atoms with E-state index >= 15 is 0 Å². The van der Waals surface area contributed by atoms with Crippen LogP contribution in [0.4, 0.5) is 0 Å². The molecular weight excluding hydrogens is 316 g/mol. The molecule has 3 nitrogen and oxygen atoms in total. The van der Waals surface area contributed by atoms with Crippen molar-refractivity contribution in [2.75, 3.05) is 26.7 Å². The lowest BCUT2D eigenvalue weighted by Crippen LogP contribution is -2.32. The van der Waals surface area contributed by atoms with Crippen molar-refractivity contribution >= 4 is 21.8 Å². The zero-order valence-electron chi connectivity index (χ0n) is 12.3. The number of carbonyl (C=O) groups excluding carboxylic acids is 1. The molecule has 0 bridgehead atoms. The molecule has 1 unspecified atom stereocenters. The van der Waals surface area contributed by atoms with Crippen LogP contribution in [-0.4, -0.2) is 37.5 Å². The Bertz CT molecular complexity index is 470. The minimum atomic E-state index is 0.247. The van der Waals surface area contributed by atoms with Crippen LogP contribution in [0.15, 0.2) is 22.7 Å². The van der Waals surface area contributed by atoms with E-state index < -0.39 is 0 Å². The summed E-state index contributed by atoms with van der Waals surface area (Å²) in [6, 6.07) is 6.25. The molecule has 1 atom stereocenters. The molecule has 0 saturated carbocycles. The fourth-order valence-electron chi connectivity index (χ4n) is 2.70. The van der Waals surface area contributed by atoms with Crippen LogP contribution in [0.5, 0.6) is 0 Å². The van der Waals surface area contributed by atoms with Crippen LogP contribution in [0.25, 0.3) is 0 Å². The maximum absolute atomic E-state index is 12.2. The van der Waals surface area contributed by atoms with Crippen molar-refractivity contribution in [1.29, 1.82) is 0 Å². The molecule has 110 valence electrons. The second-order valence-electron chi connectivity index (χ2n) is 5.70. The maximum Gasteiger partial charge on any atom is 0.222 e. The first kappa shape index (κ1) is 15.5. The minimum absolute atomic E-state index is 0.247. The first-order valence-electron chi connectivity index (χ1n) is 7.26. The van der Waals surface area contributed by atoms with Gasteiger partial charge in [-0.2, -0.15) is 0 Å². The Balaban J connectivity index is 1.83. The van der Waals surface area contributed by atoms with Gasteiger partial charge in [-0.25, -0.2) is 0 Å². The van der Waals surface area contributed by atoms with Gasteiger partial charge in [0.25, 0.3) is 0 Å². The molecule has 1 amide bonds. The van der Waals surface area contributed by atoms with Crippen LogP contribution in [0.1, 0.15) is 24.0 Å². The van der Waals surface area contributed by atoms with Crippen molar-refractivity contribution in [2.45, 2.75) is 26.2 Å². The van der Waals surface area contributed by atoms with E-state index in [0.29, 0.717) is 12.3 Å². The van der Waals surface area contributed by atoms with Crippen LogP contribution in [0.3, 0.4) is 0 Å². The molecule has 20 heavy (non-hydrogen) atoms. The second kappa shape index (κ2) is 7.23. The smallest absolute Gasteiger partial charge is 0.222 e. The van der Waals surface area contributed by atoms with E-state index in [-0.39, 0.29) is 5.91 Å². The second-order valence-corrected chi connectivity index (χ2v) is 6.62. The number of hydrogen-bond donors (Lipinski definition) is 1. The SMILES string of the molecule is Cc1ccc(Br)cc1CCC(=O)N(C)CC1CCNC1. The number of nitrogens with one attached hydrogen (secondary N) is 1. The summed E-state index contributed by atoms with van der Waals surface area (Å²) in [6.45, 7) is 5.11. The largest absolute Gasteiger partial charge is 0.345 e. The Morgan fingerprint density at radius 2 is 2.30 bits per heavy atom. The molecule has 1 aromatic rings. The Labute approximate surface area is 129 Å². The number of nitrogens with zero attached hydrogens (tertiary/aromatic N) is 1. The van der Waals surface area contributed by atoms with Crippen molar-refractivity contribution in [3.8, 4) is 0 Å². The summed E-state index contributed by atoms with van der Waals surface area (Å²) in [5.41, 5.74) is 2.51. The third-order valence-corrected chi connectivity index (χ3v) is 4.53. The van der Waals surface area contributed by atoms with Gasteiger partial charge < -0.3 is 10.2 Å². The number of hydrogen-bond acceptors (Lipinski definition) is 2. The molecule has 1 aliphatic heterocycles. The normalized spacial score (nSPS) is 18.2. The van der Waals surface area contributed by atoms with Crippen LogP contribution >= 0.6 is 15.9 Å². The first-order chi connectivity index (χ1) is 9.56. The Hall–Kier alpha value is -0.870. The molecule has 1 aliphatic rings. The molecular formula is C16H23BrN2O. The molecule has 1 heterocycles. The fourth-order valence-corrected chi connectivity index (χ4v) is 3.11. The van der Waals surface area contributed by atoms with Gasteiger partial charge in [-0.15, -0.1) is 0 Å². The Kier molecular flexibility index (Phi) is 5.61. The van der Waals surface area contributed by atoms with Crippen molar-refractivity contribution < 1.29 is 4.79 Å². The fraction of sp³-hybridized carbons (Fsp3) is 0.562. The molecule has 0 spiro atoms. The molecule has 0 aromatic heterocycles. The van der Waals surface area contributed by atoms with Gasteiger partial charge in [0, 0.05) is 24.5 Å². The van der Waals surface area contributed by atoms with Gasteiger partial charge in [-0.3, -0.25) is 4.79 Å². The molecule has 0 aliphatic carbocycles. The average Bonchev–Trinajstić information content (AvgIpc) is 2.92. The molecule has 1 aromatic carbocycles. The topological polar surface area (TPSA) is 32.3 Å². The summed E-state index contributed by atoms with van der Waals surface area (Å²) in [4.78, 5) is 14.1. The molecule has 2 rings (SSSR count). The number of halogens is 1. The van der Waals surface area contributed by atoms with Gasteiger partial charge in [-0.1, -0.05) is 22.0 Å². The monoisotopic (exact) mass is 338 g/mol. The van der Waals surface area contributed by atoms with E-state index in [0.717, 1.165) is 30.5 Å². The average molecular weight is 339 g/mol. The molecule has 1 saturated heterocycles. The van der Waals surface area contributed by atoms with Crippen LogP contribution in [0.2, 0.25) is 0 Å². The van der Waals surface area contributed by atoms with E-state index in [9.17, 15) is 4.79 Å². The minimum Gasteiger partial charge on any atom is -0.345 e. The number of aryl methyl sites for hydroxylation is 2. The van der Waals surface area contributed by atoms with Gasteiger partial charge >= 0.3 is 0 Å². The Morgan fingerprint density at radius 3 is 3.00 bits per heavy atom. The lowest BCUT2D eigenvalue weighted by molar-refractivity contribution is -0.130. The zero-order valence-corrected chi connectivity index (χ0v) is 13.9. The van der Waals surface area contributed by atoms with E-state index in [1.54, 1.807) is 0 Å². The van der Waals surface area contributed by atoms with Crippen molar-refractivity contribution in [1.82, 2.24) is 10.2 Å². The van der Waals surface area contributed by atoms with E-state index in [1.807, 2.05) is 18.0 Å². The molecule has 1 fully saturated rings. The number of benzene rings is 1. The van der Waals surface area contributed by atoms with Crippen molar-refractivity contribution in [3.63, 3.8) is 0 Å². The summed E-state index contributed by atoms with van der Waals surface area (Å²) in [6.07, 6.45) is 2.59. The van der Waals surface area contributed by atoms with Crippen molar-refractivity contribution in [3.05, 3.63) is 33.8 Å². The standard InChI is InChI=1S/C16H23BrN2O/c1-12-3-5-15(17)9-14(12)4-6-16(20)19(2)11-13-7-8-18-10-13/h3,5,9,13,18H,4,6-8,10-11H2,1-2H3. The zero-order chi connectivity index (χ0) is 14.5. The summed E-state index contributed by atoms with van der Waals surface area (Å²) < 4.78 is 1.08. The number of carbonyl (C=O) groups is 1. The highest BCUT2D eigenvalue weighted by atomic mass is 79.9. The van der Waals surface area contributed by atoms with Gasteiger partial charge in [0.15, 0.2) is 0 Å². The van der Waals surface area contributed by atoms with E-state index in [1.165, 1.54) is 17.5 Å². The summed E-state index contributed by atoms with van der Waals surface area (Å²) >= 11 is 3.49. The number of amides is 1. The van der Waals surface area contributed by atoms with E-state index in [2.05, 4.69) is 40.3 Å². The highest BCUT2D eigenvalue weighted by Crippen LogP contribution is 2.18. The van der Waals surface area contributed by atoms with Crippen LogP contribution < -0.4 is 5.32 Å². The van der Waals surface area contributed by atoms with Crippen LogP contribution in [-0.2, 0) is 11.2 Å². The third-order valence-electron chi connectivity index (χ3n) is 4.04. The maximum atomic E-state index is 12.2.